The van der Waals surface area contributed by atoms with Crippen LogP contribution in [0.4, 0.5) is 0 Å². The van der Waals surface area contributed by atoms with Crippen LogP contribution in [0.25, 0.3) is 0 Å². The third-order valence-electron chi connectivity index (χ3n) is 3.88. The third-order valence-corrected chi connectivity index (χ3v) is 5.11. The molecule has 1 N–H and O–H groups in total. The summed E-state index contributed by atoms with van der Waals surface area (Å²) >= 11 is 2.12. The van der Waals surface area contributed by atoms with Crippen molar-refractivity contribution in [2.45, 2.75) is 12.8 Å². The van der Waals surface area contributed by atoms with Crippen molar-refractivity contribution in [1.82, 2.24) is 15.1 Å². The van der Waals surface area contributed by atoms with Crippen LogP contribution in [0.5, 0.6) is 0 Å². The molecule has 2 saturated heterocycles. The fraction of sp³-hybridized carbons (Fsp3) is 1.00. The zero-order valence-electron chi connectivity index (χ0n) is 11.2. The lowest BCUT2D eigenvalue weighted by Gasteiger charge is -2.32. The average Bonchev–Trinajstić information content (AvgIpc) is 2.84. The first-order chi connectivity index (χ1) is 8.34. The van der Waals surface area contributed by atoms with Crippen molar-refractivity contribution in [2.75, 3.05) is 64.4 Å². The molecule has 1 atom stereocenters. The fourth-order valence-corrected chi connectivity index (χ4v) is 3.83. The van der Waals surface area contributed by atoms with Gasteiger partial charge in [0.25, 0.3) is 0 Å². The van der Waals surface area contributed by atoms with E-state index in [4.69, 9.17) is 0 Å². The van der Waals surface area contributed by atoms with Crippen molar-refractivity contribution in [1.29, 1.82) is 0 Å². The number of likely N-dealkylation sites (N-methyl/N-ethyl adjacent to an activating group) is 1. The molecule has 0 aliphatic carbocycles. The number of piperazine rings is 1. The highest BCUT2D eigenvalue weighted by atomic mass is 32.2. The van der Waals surface area contributed by atoms with E-state index in [0.29, 0.717) is 0 Å². The molecule has 1 unspecified atom stereocenters. The molecule has 2 rings (SSSR count). The first-order valence-electron chi connectivity index (χ1n) is 7.04. The lowest BCUT2D eigenvalue weighted by Crippen LogP contribution is -2.45. The minimum atomic E-state index is 0.948. The van der Waals surface area contributed by atoms with Crippen LogP contribution < -0.4 is 5.32 Å². The van der Waals surface area contributed by atoms with Gasteiger partial charge in [-0.2, -0.15) is 11.8 Å². The summed E-state index contributed by atoms with van der Waals surface area (Å²) in [4.78, 5) is 5.03. The van der Waals surface area contributed by atoms with Gasteiger partial charge in [0.05, 0.1) is 0 Å². The summed E-state index contributed by atoms with van der Waals surface area (Å²) in [6.07, 6.45) is 2.74. The van der Waals surface area contributed by atoms with Crippen LogP contribution in [0, 0.1) is 5.92 Å². The number of nitrogens with one attached hydrogen (secondary N) is 1. The van der Waals surface area contributed by atoms with E-state index in [9.17, 15) is 0 Å². The van der Waals surface area contributed by atoms with Crippen LogP contribution in [0.2, 0.25) is 0 Å². The minimum absolute atomic E-state index is 0.948. The fourth-order valence-electron chi connectivity index (χ4n) is 2.55. The monoisotopic (exact) mass is 257 g/mol. The first kappa shape index (κ1) is 13.7. The summed E-state index contributed by atoms with van der Waals surface area (Å²) in [5.41, 5.74) is 0. The molecule has 17 heavy (non-hydrogen) atoms. The second-order valence-corrected chi connectivity index (χ2v) is 6.58. The van der Waals surface area contributed by atoms with Gasteiger partial charge in [-0.25, -0.2) is 0 Å². The van der Waals surface area contributed by atoms with E-state index in [1.54, 1.807) is 0 Å². The lowest BCUT2D eigenvalue weighted by atomic mass is 10.1. The zero-order chi connectivity index (χ0) is 11.9. The van der Waals surface area contributed by atoms with Crippen molar-refractivity contribution >= 4 is 11.8 Å². The normalized spacial score (nSPS) is 27.7. The van der Waals surface area contributed by atoms with E-state index in [0.717, 1.165) is 5.92 Å². The predicted molar refractivity (Wildman–Crippen MR) is 76.9 cm³/mol. The maximum atomic E-state index is 3.63. The molecule has 0 bridgehead atoms. The van der Waals surface area contributed by atoms with Gasteiger partial charge in [0, 0.05) is 26.2 Å². The topological polar surface area (TPSA) is 18.5 Å². The van der Waals surface area contributed by atoms with Crippen LogP contribution in [0.15, 0.2) is 0 Å². The molecule has 0 amide bonds. The summed E-state index contributed by atoms with van der Waals surface area (Å²) in [5, 5.41) is 3.63. The van der Waals surface area contributed by atoms with Gasteiger partial charge < -0.3 is 15.1 Å². The van der Waals surface area contributed by atoms with Crippen molar-refractivity contribution in [2.24, 2.45) is 5.92 Å². The maximum absolute atomic E-state index is 3.63. The summed E-state index contributed by atoms with van der Waals surface area (Å²) in [6.45, 7) is 8.73. The van der Waals surface area contributed by atoms with E-state index in [-0.39, 0.29) is 0 Å². The highest BCUT2D eigenvalue weighted by Crippen LogP contribution is 2.22. The number of rotatable bonds is 6. The predicted octanol–water partition coefficient (Wildman–Crippen LogP) is 0.967. The molecule has 2 aliphatic rings. The molecule has 2 aliphatic heterocycles. The molecule has 2 heterocycles. The van der Waals surface area contributed by atoms with Crippen molar-refractivity contribution in [3.05, 3.63) is 0 Å². The van der Waals surface area contributed by atoms with E-state index in [1.165, 1.54) is 70.2 Å². The first-order valence-corrected chi connectivity index (χ1v) is 8.19. The SMILES string of the molecule is CN1CCN(CCCNCC2CCSC2)CC1. The second kappa shape index (κ2) is 7.62. The molecule has 0 saturated carbocycles. The zero-order valence-corrected chi connectivity index (χ0v) is 12.0. The van der Waals surface area contributed by atoms with Crippen LogP contribution in [-0.2, 0) is 0 Å². The Bertz CT molecular complexity index is 199. The Kier molecular flexibility index (Phi) is 6.12. The lowest BCUT2D eigenvalue weighted by molar-refractivity contribution is 0.152. The van der Waals surface area contributed by atoms with Crippen molar-refractivity contribution in [3.8, 4) is 0 Å². The highest BCUT2D eigenvalue weighted by molar-refractivity contribution is 7.99. The van der Waals surface area contributed by atoms with Gasteiger partial charge in [-0.3, -0.25) is 0 Å². The Balaban J connectivity index is 1.43. The van der Waals surface area contributed by atoms with Crippen LogP contribution in [0.1, 0.15) is 12.8 Å². The Morgan fingerprint density at radius 3 is 2.76 bits per heavy atom. The van der Waals surface area contributed by atoms with Gasteiger partial charge in [0.2, 0.25) is 0 Å². The summed E-state index contributed by atoms with van der Waals surface area (Å²) in [7, 11) is 2.22. The third kappa shape index (κ3) is 5.16. The van der Waals surface area contributed by atoms with Gasteiger partial charge in [0.1, 0.15) is 0 Å². The molecular weight excluding hydrogens is 230 g/mol. The molecule has 0 aromatic carbocycles. The van der Waals surface area contributed by atoms with Crippen LogP contribution in [0.3, 0.4) is 0 Å². The van der Waals surface area contributed by atoms with Gasteiger partial charge in [-0.15, -0.1) is 0 Å². The van der Waals surface area contributed by atoms with Gasteiger partial charge >= 0.3 is 0 Å². The molecule has 0 aromatic rings. The Hall–Kier alpha value is 0.230. The van der Waals surface area contributed by atoms with E-state index in [1.807, 2.05) is 0 Å². The standard InChI is InChI=1S/C13H27N3S/c1-15-6-8-16(9-7-15)5-2-4-14-11-13-3-10-17-12-13/h13-14H,2-12H2,1H3. The van der Waals surface area contributed by atoms with Gasteiger partial charge in [-0.05, 0) is 56.9 Å². The van der Waals surface area contributed by atoms with Gasteiger partial charge in [0.15, 0.2) is 0 Å². The smallest absolute Gasteiger partial charge is 0.0110 e. The van der Waals surface area contributed by atoms with E-state index < -0.39 is 0 Å². The van der Waals surface area contributed by atoms with Crippen molar-refractivity contribution in [3.63, 3.8) is 0 Å². The second-order valence-electron chi connectivity index (χ2n) is 5.43. The van der Waals surface area contributed by atoms with Crippen LogP contribution in [-0.4, -0.2) is 74.2 Å². The molecule has 0 radical (unpaired) electrons. The quantitative estimate of drug-likeness (QED) is 0.714. The number of hydrogen-bond acceptors (Lipinski definition) is 4. The molecule has 2 fully saturated rings. The molecule has 100 valence electrons. The largest absolute Gasteiger partial charge is 0.316 e. The molecule has 0 aromatic heterocycles. The minimum Gasteiger partial charge on any atom is -0.316 e. The molecule has 4 heteroatoms. The number of thioether (sulfide) groups is 1. The van der Waals surface area contributed by atoms with Crippen LogP contribution >= 0.6 is 11.8 Å². The Labute approximate surface area is 110 Å². The molecular formula is C13H27N3S. The van der Waals surface area contributed by atoms with Crippen molar-refractivity contribution < 1.29 is 0 Å². The summed E-state index contributed by atoms with van der Waals surface area (Å²) in [6, 6.07) is 0. The summed E-state index contributed by atoms with van der Waals surface area (Å²) in [5.74, 6) is 3.71. The van der Waals surface area contributed by atoms with Gasteiger partial charge in [-0.1, -0.05) is 0 Å². The average molecular weight is 257 g/mol. The number of hydrogen-bond donors (Lipinski definition) is 1. The Morgan fingerprint density at radius 1 is 1.24 bits per heavy atom. The molecule has 0 spiro atoms. The van der Waals surface area contributed by atoms with E-state index in [2.05, 4.69) is 33.9 Å². The molecule has 3 nitrogen and oxygen atoms in total. The Morgan fingerprint density at radius 2 is 2.06 bits per heavy atom. The number of nitrogens with zero attached hydrogens (tertiary/aromatic N) is 2. The summed E-state index contributed by atoms with van der Waals surface area (Å²) < 4.78 is 0. The highest BCUT2D eigenvalue weighted by Gasteiger charge is 2.15. The maximum Gasteiger partial charge on any atom is 0.0110 e. The van der Waals surface area contributed by atoms with E-state index >= 15 is 0 Å².